The van der Waals surface area contributed by atoms with Crippen LogP contribution in [0.3, 0.4) is 0 Å². The molecule has 1 fully saturated rings. The van der Waals surface area contributed by atoms with Gasteiger partial charge in [-0.1, -0.05) is 20.8 Å². The van der Waals surface area contributed by atoms with E-state index in [0.29, 0.717) is 11.3 Å². The molecule has 2 rings (SSSR count). The summed E-state index contributed by atoms with van der Waals surface area (Å²) in [4.78, 5) is 0. The van der Waals surface area contributed by atoms with Crippen molar-refractivity contribution in [3.8, 4) is 0 Å². The highest BCUT2D eigenvalue weighted by Crippen LogP contribution is 2.40. The number of hydrogen-bond acceptors (Lipinski definition) is 4. The first-order valence-electron chi connectivity index (χ1n) is 6.61. The maximum absolute atomic E-state index is 4.58. The van der Waals surface area contributed by atoms with Crippen molar-refractivity contribution in [2.24, 2.45) is 7.05 Å². The quantitative estimate of drug-likeness (QED) is 0.921. The topological polar surface area (TPSA) is 29.9 Å². The first kappa shape index (κ1) is 14.3. The van der Waals surface area contributed by atoms with Gasteiger partial charge >= 0.3 is 0 Å². The Kier molecular flexibility index (Phi) is 5.04. The van der Waals surface area contributed by atoms with Gasteiger partial charge in [0, 0.05) is 34.7 Å². The van der Waals surface area contributed by atoms with Gasteiger partial charge in [0.05, 0.1) is 11.7 Å². The fourth-order valence-corrected chi connectivity index (χ4v) is 5.33. The van der Waals surface area contributed by atoms with Crippen LogP contribution in [0.5, 0.6) is 0 Å². The van der Waals surface area contributed by atoms with Crippen LogP contribution in [0.25, 0.3) is 0 Å². The molecule has 2 heterocycles. The summed E-state index contributed by atoms with van der Waals surface area (Å²) in [5.41, 5.74) is 1.18. The SMILES string of the molecule is CCNC(c1ccn(C)n1)C1CSC(C)C(C)S1. The molecule has 1 aromatic heterocycles. The van der Waals surface area contributed by atoms with Gasteiger partial charge in [-0.3, -0.25) is 4.68 Å². The lowest BCUT2D eigenvalue weighted by Crippen LogP contribution is -2.37. The molecule has 0 radical (unpaired) electrons. The minimum atomic E-state index is 0.378. The number of rotatable bonds is 4. The minimum Gasteiger partial charge on any atom is -0.308 e. The first-order valence-corrected chi connectivity index (χ1v) is 8.61. The van der Waals surface area contributed by atoms with Gasteiger partial charge in [0.1, 0.15) is 0 Å². The largest absolute Gasteiger partial charge is 0.308 e. The van der Waals surface area contributed by atoms with Gasteiger partial charge in [0.15, 0.2) is 0 Å². The van der Waals surface area contributed by atoms with Crippen LogP contribution in [-0.2, 0) is 7.05 Å². The molecule has 0 spiro atoms. The molecule has 3 nitrogen and oxygen atoms in total. The van der Waals surface area contributed by atoms with Gasteiger partial charge in [-0.2, -0.15) is 28.6 Å². The monoisotopic (exact) mass is 285 g/mol. The molecule has 1 saturated heterocycles. The summed E-state index contributed by atoms with van der Waals surface area (Å²) in [6, 6.07) is 2.52. The predicted octanol–water partition coefficient (Wildman–Crippen LogP) is 2.70. The molecular formula is C13H23N3S2. The second-order valence-corrected chi connectivity index (χ2v) is 7.90. The fourth-order valence-electron chi connectivity index (χ4n) is 2.23. The molecule has 0 bridgehead atoms. The smallest absolute Gasteiger partial charge is 0.0805 e. The normalized spacial score (nSPS) is 30.3. The number of thioether (sulfide) groups is 2. The highest BCUT2D eigenvalue weighted by atomic mass is 32.2. The third-order valence-corrected chi connectivity index (χ3v) is 6.92. The molecule has 1 aliphatic rings. The number of hydrogen-bond donors (Lipinski definition) is 1. The Morgan fingerprint density at radius 2 is 2.28 bits per heavy atom. The van der Waals surface area contributed by atoms with Crippen LogP contribution in [0.1, 0.15) is 32.5 Å². The molecule has 1 N–H and O–H groups in total. The van der Waals surface area contributed by atoms with Crippen LogP contribution >= 0.6 is 23.5 Å². The molecule has 0 amide bonds. The van der Waals surface area contributed by atoms with Crippen molar-refractivity contribution < 1.29 is 0 Å². The Hall–Kier alpha value is -0.130. The van der Waals surface area contributed by atoms with Crippen molar-refractivity contribution in [3.63, 3.8) is 0 Å². The van der Waals surface area contributed by atoms with Crippen LogP contribution in [-0.4, -0.2) is 37.8 Å². The molecular weight excluding hydrogens is 262 g/mol. The van der Waals surface area contributed by atoms with E-state index in [1.165, 1.54) is 11.4 Å². The fraction of sp³-hybridized carbons (Fsp3) is 0.769. The van der Waals surface area contributed by atoms with Crippen LogP contribution in [0, 0.1) is 0 Å². The van der Waals surface area contributed by atoms with Crippen LogP contribution in [0.4, 0.5) is 0 Å². The maximum Gasteiger partial charge on any atom is 0.0805 e. The van der Waals surface area contributed by atoms with Crippen LogP contribution in [0.2, 0.25) is 0 Å². The van der Waals surface area contributed by atoms with Crippen molar-refractivity contribution in [2.45, 2.75) is 42.6 Å². The third-order valence-electron chi connectivity index (χ3n) is 3.42. The third kappa shape index (κ3) is 3.25. The number of aromatic nitrogens is 2. The van der Waals surface area contributed by atoms with Gasteiger partial charge in [-0.15, -0.1) is 0 Å². The summed E-state index contributed by atoms with van der Waals surface area (Å²) in [7, 11) is 1.99. The zero-order chi connectivity index (χ0) is 13.1. The molecule has 102 valence electrons. The molecule has 18 heavy (non-hydrogen) atoms. The Labute approximate surface area is 118 Å². The molecule has 0 aliphatic carbocycles. The van der Waals surface area contributed by atoms with E-state index in [1.807, 2.05) is 17.9 Å². The van der Waals surface area contributed by atoms with Gasteiger partial charge in [-0.25, -0.2) is 0 Å². The van der Waals surface area contributed by atoms with Gasteiger partial charge < -0.3 is 5.32 Å². The Morgan fingerprint density at radius 3 is 2.83 bits per heavy atom. The highest BCUT2D eigenvalue weighted by Gasteiger charge is 2.32. The Balaban J connectivity index is 2.10. The summed E-state index contributed by atoms with van der Waals surface area (Å²) in [5, 5.41) is 10.3. The van der Waals surface area contributed by atoms with Gasteiger partial charge in [0.25, 0.3) is 0 Å². The van der Waals surface area contributed by atoms with E-state index in [1.54, 1.807) is 0 Å². The lowest BCUT2D eigenvalue weighted by Gasteiger charge is -2.35. The maximum atomic E-state index is 4.58. The zero-order valence-corrected chi connectivity index (χ0v) is 13.2. The Morgan fingerprint density at radius 1 is 1.50 bits per heavy atom. The summed E-state index contributed by atoms with van der Waals surface area (Å²) < 4.78 is 1.90. The summed E-state index contributed by atoms with van der Waals surface area (Å²) in [6.07, 6.45) is 2.03. The van der Waals surface area contributed by atoms with E-state index >= 15 is 0 Å². The molecule has 0 aromatic carbocycles. The average molecular weight is 285 g/mol. The van der Waals surface area contributed by atoms with Crippen LogP contribution < -0.4 is 5.32 Å². The minimum absolute atomic E-state index is 0.378. The summed E-state index contributed by atoms with van der Waals surface area (Å²) in [6.45, 7) is 7.84. The number of nitrogens with one attached hydrogen (secondary N) is 1. The van der Waals surface area contributed by atoms with E-state index < -0.39 is 0 Å². The zero-order valence-electron chi connectivity index (χ0n) is 11.6. The lowest BCUT2D eigenvalue weighted by atomic mass is 10.1. The molecule has 4 unspecified atom stereocenters. The van der Waals surface area contributed by atoms with Crippen LogP contribution in [0.15, 0.2) is 12.3 Å². The second-order valence-electron chi connectivity index (χ2n) is 4.87. The van der Waals surface area contributed by atoms with E-state index in [2.05, 4.69) is 60.8 Å². The summed E-state index contributed by atoms with van der Waals surface area (Å²) in [5.74, 6) is 1.21. The Bertz CT molecular complexity index is 380. The second kappa shape index (κ2) is 6.35. The first-order chi connectivity index (χ1) is 8.61. The average Bonchev–Trinajstić information content (AvgIpc) is 2.76. The number of nitrogens with zero attached hydrogens (tertiary/aromatic N) is 2. The predicted molar refractivity (Wildman–Crippen MR) is 82.4 cm³/mol. The standard InChI is InChI=1S/C13H23N3S2/c1-5-14-13(11-6-7-16(4)15-11)12-8-17-9(2)10(3)18-12/h6-7,9-10,12-14H,5,8H2,1-4H3. The van der Waals surface area contributed by atoms with E-state index in [-0.39, 0.29) is 0 Å². The molecule has 0 saturated carbocycles. The molecule has 5 heteroatoms. The molecule has 4 atom stereocenters. The van der Waals surface area contributed by atoms with Crippen molar-refractivity contribution in [3.05, 3.63) is 18.0 Å². The van der Waals surface area contributed by atoms with Gasteiger partial charge in [0.2, 0.25) is 0 Å². The van der Waals surface area contributed by atoms with Crippen molar-refractivity contribution in [1.82, 2.24) is 15.1 Å². The molecule has 1 aliphatic heterocycles. The van der Waals surface area contributed by atoms with Gasteiger partial charge in [-0.05, 0) is 12.6 Å². The van der Waals surface area contributed by atoms with E-state index in [9.17, 15) is 0 Å². The van der Waals surface area contributed by atoms with Crippen molar-refractivity contribution in [2.75, 3.05) is 12.3 Å². The van der Waals surface area contributed by atoms with Crippen molar-refractivity contribution in [1.29, 1.82) is 0 Å². The van der Waals surface area contributed by atoms with E-state index in [4.69, 9.17) is 0 Å². The number of aryl methyl sites for hydroxylation is 1. The van der Waals surface area contributed by atoms with Crippen molar-refractivity contribution >= 4 is 23.5 Å². The highest BCUT2D eigenvalue weighted by molar-refractivity contribution is 8.07. The summed E-state index contributed by atoms with van der Waals surface area (Å²) >= 11 is 4.21. The molecule has 1 aromatic rings. The van der Waals surface area contributed by atoms with E-state index in [0.717, 1.165) is 17.0 Å². The lowest BCUT2D eigenvalue weighted by molar-refractivity contribution is 0.526.